The Balaban J connectivity index is 1.86. The predicted octanol–water partition coefficient (Wildman–Crippen LogP) is 5.41. The number of methoxy groups -OCH3 is 1. The topological polar surface area (TPSA) is 35.5 Å². The summed E-state index contributed by atoms with van der Waals surface area (Å²) in [4.78, 5) is 11.0. The monoisotopic (exact) mass is 312 g/mol. The highest BCUT2D eigenvalue weighted by Crippen LogP contribution is 2.27. The molecule has 0 unspecified atom stereocenters. The highest BCUT2D eigenvalue weighted by Gasteiger charge is 2.23. The molecule has 0 aliphatic carbocycles. The maximum atomic E-state index is 11.0. The third kappa shape index (κ3) is 9.45. The summed E-state index contributed by atoms with van der Waals surface area (Å²) in [5, 5.41) is 0. The molecule has 0 saturated carbocycles. The fourth-order valence-corrected chi connectivity index (χ4v) is 3.28. The van der Waals surface area contributed by atoms with Gasteiger partial charge in [0.25, 0.3) is 0 Å². The fraction of sp³-hybridized carbons (Fsp3) is 0.947. The van der Waals surface area contributed by atoms with Crippen LogP contribution in [0.15, 0.2) is 0 Å². The molecule has 1 saturated heterocycles. The van der Waals surface area contributed by atoms with E-state index >= 15 is 0 Å². The molecule has 1 aliphatic heterocycles. The van der Waals surface area contributed by atoms with Crippen molar-refractivity contribution in [3.05, 3.63) is 0 Å². The van der Waals surface area contributed by atoms with Crippen LogP contribution in [-0.4, -0.2) is 25.3 Å². The second kappa shape index (κ2) is 12.9. The summed E-state index contributed by atoms with van der Waals surface area (Å²) in [6, 6.07) is 0. The average Bonchev–Trinajstić information content (AvgIpc) is 2.97. The maximum absolute atomic E-state index is 11.0. The van der Waals surface area contributed by atoms with Gasteiger partial charge in [-0.05, 0) is 32.1 Å². The van der Waals surface area contributed by atoms with Gasteiger partial charge < -0.3 is 9.47 Å². The molecule has 0 aromatic heterocycles. The van der Waals surface area contributed by atoms with Crippen molar-refractivity contribution in [2.45, 2.75) is 109 Å². The number of esters is 1. The van der Waals surface area contributed by atoms with Gasteiger partial charge in [0.1, 0.15) is 0 Å². The van der Waals surface area contributed by atoms with Gasteiger partial charge in [0.2, 0.25) is 0 Å². The number of ether oxygens (including phenoxy) is 2. The second-order valence-electron chi connectivity index (χ2n) is 6.69. The molecular weight excluding hydrogens is 276 g/mol. The molecular formula is C19H36O3. The van der Waals surface area contributed by atoms with Crippen LogP contribution >= 0.6 is 0 Å². The van der Waals surface area contributed by atoms with Gasteiger partial charge in [0.15, 0.2) is 0 Å². The number of hydrogen-bond acceptors (Lipinski definition) is 3. The average molecular weight is 312 g/mol. The fourth-order valence-electron chi connectivity index (χ4n) is 3.28. The third-order valence-electron chi connectivity index (χ3n) is 4.71. The molecule has 1 fully saturated rings. The van der Waals surface area contributed by atoms with Crippen molar-refractivity contribution < 1.29 is 14.3 Å². The van der Waals surface area contributed by atoms with Crippen LogP contribution in [0.5, 0.6) is 0 Å². The van der Waals surface area contributed by atoms with E-state index in [-0.39, 0.29) is 5.97 Å². The minimum absolute atomic E-state index is 0.0770. The zero-order valence-corrected chi connectivity index (χ0v) is 14.8. The molecule has 130 valence electrons. The quantitative estimate of drug-likeness (QED) is 0.337. The molecule has 1 heterocycles. The van der Waals surface area contributed by atoms with E-state index in [4.69, 9.17) is 4.74 Å². The van der Waals surface area contributed by atoms with Crippen LogP contribution in [-0.2, 0) is 14.3 Å². The first-order valence-electron chi connectivity index (χ1n) is 9.48. The van der Waals surface area contributed by atoms with Crippen molar-refractivity contribution in [3.8, 4) is 0 Å². The summed E-state index contributed by atoms with van der Waals surface area (Å²) in [7, 11) is 1.46. The van der Waals surface area contributed by atoms with E-state index in [1.165, 1.54) is 77.7 Å². The standard InChI is InChI=1S/C19H36O3/c1-3-4-9-12-17-15-16-18(22-17)13-10-7-5-6-8-11-14-19(20)21-2/h17-18H,3-16H2,1-2H3/t17-,18-/m1/s1. The molecule has 0 bridgehead atoms. The van der Waals surface area contributed by atoms with Crippen LogP contribution < -0.4 is 0 Å². The first-order chi connectivity index (χ1) is 10.8. The minimum atomic E-state index is -0.0770. The highest BCUT2D eigenvalue weighted by atomic mass is 16.5. The summed E-state index contributed by atoms with van der Waals surface area (Å²) in [5.74, 6) is -0.0770. The number of carbonyl (C=O) groups excluding carboxylic acids is 1. The Morgan fingerprint density at radius 3 is 2.05 bits per heavy atom. The van der Waals surface area contributed by atoms with Crippen LogP contribution in [0.2, 0.25) is 0 Å². The molecule has 0 N–H and O–H groups in total. The normalized spacial score (nSPS) is 21.2. The van der Waals surface area contributed by atoms with E-state index < -0.39 is 0 Å². The number of rotatable bonds is 13. The molecule has 3 heteroatoms. The van der Waals surface area contributed by atoms with Crippen LogP contribution in [0.4, 0.5) is 0 Å². The minimum Gasteiger partial charge on any atom is -0.469 e. The Morgan fingerprint density at radius 1 is 0.909 bits per heavy atom. The molecule has 0 amide bonds. The van der Waals surface area contributed by atoms with Gasteiger partial charge in [-0.25, -0.2) is 0 Å². The largest absolute Gasteiger partial charge is 0.469 e. The summed E-state index contributed by atoms with van der Waals surface area (Å²) in [5.41, 5.74) is 0. The molecule has 22 heavy (non-hydrogen) atoms. The number of carbonyl (C=O) groups is 1. The lowest BCUT2D eigenvalue weighted by Crippen LogP contribution is -2.10. The Kier molecular flexibility index (Phi) is 11.4. The van der Waals surface area contributed by atoms with Gasteiger partial charge in [-0.3, -0.25) is 4.79 Å². The van der Waals surface area contributed by atoms with Gasteiger partial charge in [-0.15, -0.1) is 0 Å². The molecule has 0 spiro atoms. The van der Waals surface area contributed by atoms with Crippen molar-refractivity contribution in [3.63, 3.8) is 0 Å². The Hall–Kier alpha value is -0.570. The molecule has 1 aliphatic rings. The molecule has 2 atom stereocenters. The Bertz CT molecular complexity index is 278. The smallest absolute Gasteiger partial charge is 0.305 e. The maximum Gasteiger partial charge on any atom is 0.305 e. The summed E-state index contributed by atoms with van der Waals surface area (Å²) < 4.78 is 10.8. The molecule has 3 nitrogen and oxygen atoms in total. The Labute approximate surface area is 137 Å². The lowest BCUT2D eigenvalue weighted by Gasteiger charge is -2.13. The molecule has 0 radical (unpaired) electrons. The number of hydrogen-bond donors (Lipinski definition) is 0. The van der Waals surface area contributed by atoms with Crippen molar-refractivity contribution in [2.24, 2.45) is 0 Å². The molecule has 1 rings (SSSR count). The van der Waals surface area contributed by atoms with Crippen molar-refractivity contribution in [1.82, 2.24) is 0 Å². The van der Waals surface area contributed by atoms with E-state index in [1.54, 1.807) is 0 Å². The zero-order valence-electron chi connectivity index (χ0n) is 14.8. The van der Waals surface area contributed by atoms with Gasteiger partial charge in [0, 0.05) is 6.42 Å². The van der Waals surface area contributed by atoms with Crippen molar-refractivity contribution >= 4 is 5.97 Å². The van der Waals surface area contributed by atoms with E-state index in [1.807, 2.05) is 0 Å². The second-order valence-corrected chi connectivity index (χ2v) is 6.69. The summed E-state index contributed by atoms with van der Waals surface area (Å²) in [6.45, 7) is 2.26. The first kappa shape index (κ1) is 19.5. The van der Waals surface area contributed by atoms with Gasteiger partial charge >= 0.3 is 5.97 Å². The third-order valence-corrected chi connectivity index (χ3v) is 4.71. The lowest BCUT2D eigenvalue weighted by atomic mass is 10.0. The van der Waals surface area contributed by atoms with Crippen LogP contribution in [0.25, 0.3) is 0 Å². The van der Waals surface area contributed by atoms with Crippen molar-refractivity contribution in [1.29, 1.82) is 0 Å². The SMILES string of the molecule is CCCCC[C@@H]1CC[C@@H](CCCCCCCCC(=O)OC)O1. The van der Waals surface area contributed by atoms with Crippen LogP contribution in [0.3, 0.4) is 0 Å². The van der Waals surface area contributed by atoms with Gasteiger partial charge in [-0.2, -0.15) is 0 Å². The van der Waals surface area contributed by atoms with E-state index in [9.17, 15) is 4.79 Å². The van der Waals surface area contributed by atoms with E-state index in [0.29, 0.717) is 18.6 Å². The predicted molar refractivity (Wildman–Crippen MR) is 91.0 cm³/mol. The van der Waals surface area contributed by atoms with E-state index in [0.717, 1.165) is 12.8 Å². The van der Waals surface area contributed by atoms with Crippen LogP contribution in [0.1, 0.15) is 96.8 Å². The van der Waals surface area contributed by atoms with Gasteiger partial charge in [0.05, 0.1) is 19.3 Å². The lowest BCUT2D eigenvalue weighted by molar-refractivity contribution is -0.140. The summed E-state index contributed by atoms with van der Waals surface area (Å²) >= 11 is 0. The van der Waals surface area contributed by atoms with Crippen LogP contribution in [0, 0.1) is 0 Å². The highest BCUT2D eigenvalue weighted by molar-refractivity contribution is 5.68. The van der Waals surface area contributed by atoms with Gasteiger partial charge in [-0.1, -0.05) is 58.3 Å². The molecule has 0 aromatic rings. The Morgan fingerprint density at radius 2 is 1.45 bits per heavy atom. The van der Waals surface area contributed by atoms with E-state index in [2.05, 4.69) is 11.7 Å². The molecule has 0 aromatic carbocycles. The number of unbranched alkanes of at least 4 members (excludes halogenated alkanes) is 7. The first-order valence-corrected chi connectivity index (χ1v) is 9.48. The van der Waals surface area contributed by atoms with Crippen molar-refractivity contribution in [2.75, 3.05) is 7.11 Å². The summed E-state index contributed by atoms with van der Waals surface area (Å²) in [6.07, 6.45) is 17.9. The zero-order chi connectivity index (χ0) is 16.0.